The normalized spacial score (nSPS) is 15.1. The first-order valence-electron chi connectivity index (χ1n) is 9.76. The number of anilines is 1. The number of benzene rings is 2. The van der Waals surface area contributed by atoms with Crippen LogP contribution in [0.2, 0.25) is 0 Å². The lowest BCUT2D eigenvalue weighted by Crippen LogP contribution is -2.46. The van der Waals surface area contributed by atoms with Gasteiger partial charge in [-0.1, -0.05) is 12.1 Å². The minimum absolute atomic E-state index is 0.0233. The van der Waals surface area contributed by atoms with Gasteiger partial charge in [-0.15, -0.1) is 0 Å². The lowest BCUT2D eigenvalue weighted by Gasteiger charge is -2.36. The van der Waals surface area contributed by atoms with E-state index in [0.29, 0.717) is 12.1 Å². The Balaban J connectivity index is 1.51. The third kappa shape index (κ3) is 5.78. The quantitative estimate of drug-likeness (QED) is 0.796. The summed E-state index contributed by atoms with van der Waals surface area (Å²) in [5, 5.41) is 2.96. The van der Waals surface area contributed by atoms with E-state index in [4.69, 9.17) is 0 Å². The van der Waals surface area contributed by atoms with E-state index >= 15 is 0 Å². The van der Waals surface area contributed by atoms with E-state index in [-0.39, 0.29) is 11.7 Å². The maximum atomic E-state index is 13.1. The fourth-order valence-corrected chi connectivity index (χ4v) is 3.38. The number of amides is 1. The van der Waals surface area contributed by atoms with Crippen molar-refractivity contribution in [1.82, 2.24) is 15.1 Å². The molecule has 5 nitrogen and oxygen atoms in total. The Morgan fingerprint density at radius 2 is 1.79 bits per heavy atom. The Bertz CT molecular complexity index is 770. The number of nitrogens with zero attached hydrogens (tertiary/aromatic N) is 3. The fourth-order valence-electron chi connectivity index (χ4n) is 3.38. The molecule has 0 aliphatic carbocycles. The van der Waals surface area contributed by atoms with Crippen LogP contribution in [0.1, 0.15) is 15.9 Å². The van der Waals surface area contributed by atoms with Gasteiger partial charge in [-0.05, 0) is 56.1 Å². The van der Waals surface area contributed by atoms with Crippen LogP contribution in [0.15, 0.2) is 48.5 Å². The average Bonchev–Trinajstić information content (AvgIpc) is 2.69. The van der Waals surface area contributed by atoms with Crippen LogP contribution in [0.5, 0.6) is 0 Å². The van der Waals surface area contributed by atoms with Crippen molar-refractivity contribution >= 4 is 11.6 Å². The number of halogens is 1. The van der Waals surface area contributed by atoms with Crippen molar-refractivity contribution in [3.8, 4) is 0 Å². The fraction of sp³-hybridized carbons (Fsp3) is 0.409. The molecule has 0 bridgehead atoms. The number of carbonyl (C=O) groups excluding carboxylic acids is 1. The first-order chi connectivity index (χ1) is 13.5. The summed E-state index contributed by atoms with van der Waals surface area (Å²) in [6.45, 7) is 6.00. The van der Waals surface area contributed by atoms with Crippen LogP contribution < -0.4 is 10.2 Å². The Morgan fingerprint density at radius 3 is 2.46 bits per heavy atom. The molecule has 1 amide bonds. The van der Waals surface area contributed by atoms with E-state index in [0.717, 1.165) is 50.5 Å². The maximum Gasteiger partial charge on any atom is 0.251 e. The number of nitrogens with one attached hydrogen (secondary N) is 1. The van der Waals surface area contributed by atoms with Crippen molar-refractivity contribution in [2.24, 2.45) is 0 Å². The lowest BCUT2D eigenvalue weighted by atomic mass is 10.1. The highest BCUT2D eigenvalue weighted by molar-refractivity contribution is 5.94. The Hall–Kier alpha value is -2.44. The van der Waals surface area contributed by atoms with E-state index < -0.39 is 0 Å². The molecule has 0 aromatic heterocycles. The lowest BCUT2D eigenvalue weighted by molar-refractivity contribution is 0.0951. The molecule has 0 unspecified atom stereocenters. The molecule has 1 heterocycles. The highest BCUT2D eigenvalue weighted by Crippen LogP contribution is 2.18. The monoisotopic (exact) mass is 384 g/mol. The summed E-state index contributed by atoms with van der Waals surface area (Å²) < 4.78 is 13.1. The molecule has 0 saturated carbocycles. The third-order valence-corrected chi connectivity index (χ3v) is 5.00. The molecule has 0 spiro atoms. The van der Waals surface area contributed by atoms with Crippen LogP contribution in [0.25, 0.3) is 0 Å². The summed E-state index contributed by atoms with van der Waals surface area (Å²) in [6, 6.07) is 14.6. The van der Waals surface area contributed by atoms with Crippen molar-refractivity contribution < 1.29 is 9.18 Å². The molecule has 2 aromatic rings. The average molecular weight is 384 g/mol. The van der Waals surface area contributed by atoms with Gasteiger partial charge < -0.3 is 15.1 Å². The maximum absolute atomic E-state index is 13.1. The minimum atomic E-state index is -0.201. The zero-order valence-corrected chi connectivity index (χ0v) is 16.7. The van der Waals surface area contributed by atoms with Gasteiger partial charge in [0.2, 0.25) is 0 Å². The molecule has 1 fully saturated rings. The Labute approximate surface area is 166 Å². The van der Waals surface area contributed by atoms with Gasteiger partial charge in [-0.3, -0.25) is 9.69 Å². The number of hydrogen-bond acceptors (Lipinski definition) is 4. The smallest absolute Gasteiger partial charge is 0.251 e. The highest BCUT2D eigenvalue weighted by Gasteiger charge is 2.17. The van der Waals surface area contributed by atoms with Gasteiger partial charge in [0.15, 0.2) is 0 Å². The summed E-state index contributed by atoms with van der Waals surface area (Å²) >= 11 is 0. The molecule has 1 aliphatic rings. The molecular weight excluding hydrogens is 355 g/mol. The van der Waals surface area contributed by atoms with Crippen LogP contribution >= 0.6 is 0 Å². The van der Waals surface area contributed by atoms with Gasteiger partial charge in [0, 0.05) is 57.1 Å². The molecule has 3 rings (SSSR count). The van der Waals surface area contributed by atoms with Crippen LogP contribution in [0.4, 0.5) is 10.1 Å². The molecule has 0 radical (unpaired) electrons. The summed E-state index contributed by atoms with van der Waals surface area (Å²) in [6.07, 6.45) is 0. The van der Waals surface area contributed by atoms with Crippen LogP contribution in [-0.4, -0.2) is 69.1 Å². The third-order valence-electron chi connectivity index (χ3n) is 5.00. The van der Waals surface area contributed by atoms with Gasteiger partial charge in [-0.2, -0.15) is 0 Å². The van der Waals surface area contributed by atoms with Crippen molar-refractivity contribution in [2.45, 2.75) is 6.54 Å². The minimum Gasteiger partial charge on any atom is -0.369 e. The Morgan fingerprint density at radius 1 is 1.07 bits per heavy atom. The summed E-state index contributed by atoms with van der Waals surface area (Å²) in [5.41, 5.74) is 2.93. The molecule has 150 valence electrons. The molecule has 28 heavy (non-hydrogen) atoms. The molecule has 1 aliphatic heterocycles. The van der Waals surface area contributed by atoms with E-state index in [1.54, 1.807) is 0 Å². The molecule has 0 atom stereocenters. The number of piperazine rings is 1. The zero-order valence-electron chi connectivity index (χ0n) is 16.7. The summed E-state index contributed by atoms with van der Waals surface area (Å²) in [4.78, 5) is 19.0. The predicted octanol–water partition coefficient (Wildman–Crippen LogP) is 2.44. The topological polar surface area (TPSA) is 38.8 Å². The van der Waals surface area contributed by atoms with Gasteiger partial charge in [0.25, 0.3) is 5.91 Å². The first-order valence-corrected chi connectivity index (χ1v) is 9.76. The molecule has 6 heteroatoms. The van der Waals surface area contributed by atoms with Crippen LogP contribution in [0, 0.1) is 5.82 Å². The second-order valence-corrected chi connectivity index (χ2v) is 7.50. The number of hydrogen-bond donors (Lipinski definition) is 1. The number of rotatable bonds is 7. The molecule has 2 aromatic carbocycles. The van der Waals surface area contributed by atoms with Gasteiger partial charge in [-0.25, -0.2) is 4.39 Å². The van der Waals surface area contributed by atoms with E-state index in [2.05, 4.69) is 21.2 Å². The Kier molecular flexibility index (Phi) is 7.01. The van der Waals surface area contributed by atoms with Crippen molar-refractivity contribution in [3.05, 3.63) is 65.5 Å². The van der Waals surface area contributed by atoms with Gasteiger partial charge >= 0.3 is 0 Å². The first kappa shape index (κ1) is 20.3. The number of carbonyl (C=O) groups is 1. The number of likely N-dealkylation sites (N-methyl/N-ethyl adjacent to an activating group) is 1. The van der Waals surface area contributed by atoms with E-state index in [1.165, 1.54) is 12.1 Å². The van der Waals surface area contributed by atoms with Crippen molar-refractivity contribution in [3.63, 3.8) is 0 Å². The van der Waals surface area contributed by atoms with Crippen LogP contribution in [0.3, 0.4) is 0 Å². The molecule has 1 saturated heterocycles. The standard InChI is InChI=1S/C22H29FN4O/c1-25(2)11-10-24-22(28)19-5-3-4-18(16-19)17-26-12-14-27(15-13-26)21-8-6-20(23)7-9-21/h3-9,16H,10-15,17H2,1-2H3,(H,24,28). The predicted molar refractivity (Wildman–Crippen MR) is 111 cm³/mol. The summed E-state index contributed by atoms with van der Waals surface area (Å²) in [7, 11) is 3.98. The second kappa shape index (κ2) is 9.66. The van der Waals surface area contributed by atoms with Crippen molar-refractivity contribution in [1.29, 1.82) is 0 Å². The van der Waals surface area contributed by atoms with E-state index in [1.807, 2.05) is 49.3 Å². The molecule has 1 N–H and O–H groups in total. The zero-order chi connectivity index (χ0) is 19.9. The van der Waals surface area contributed by atoms with Gasteiger partial charge in [0.05, 0.1) is 0 Å². The van der Waals surface area contributed by atoms with Crippen LogP contribution in [-0.2, 0) is 6.54 Å². The highest BCUT2D eigenvalue weighted by atomic mass is 19.1. The van der Waals surface area contributed by atoms with E-state index in [9.17, 15) is 9.18 Å². The SMILES string of the molecule is CN(C)CCNC(=O)c1cccc(CN2CCN(c3ccc(F)cc3)CC2)c1. The van der Waals surface area contributed by atoms with Crippen molar-refractivity contribution in [2.75, 3.05) is 58.3 Å². The second-order valence-electron chi connectivity index (χ2n) is 7.50. The summed E-state index contributed by atoms with van der Waals surface area (Å²) in [5.74, 6) is -0.224. The molecular formula is C22H29FN4O. The van der Waals surface area contributed by atoms with Gasteiger partial charge in [0.1, 0.15) is 5.82 Å². The largest absolute Gasteiger partial charge is 0.369 e.